The van der Waals surface area contributed by atoms with Crippen molar-refractivity contribution in [1.29, 1.82) is 0 Å². The van der Waals surface area contributed by atoms with Gasteiger partial charge in [-0.2, -0.15) is 5.10 Å². The van der Waals surface area contributed by atoms with Crippen LogP contribution in [0.5, 0.6) is 5.75 Å². The maximum atomic E-state index is 12.2. The monoisotopic (exact) mass is 293 g/mol. The van der Waals surface area contributed by atoms with Crippen molar-refractivity contribution in [2.75, 3.05) is 12.4 Å². The Labute approximate surface area is 122 Å². The number of aromatic nitrogens is 2. The molecule has 0 saturated heterocycles. The van der Waals surface area contributed by atoms with Crippen LogP contribution in [-0.4, -0.2) is 22.8 Å². The summed E-state index contributed by atoms with van der Waals surface area (Å²) in [7, 11) is 1.60. The number of benzene rings is 1. The molecule has 1 amide bonds. The third-order valence-electron chi connectivity index (χ3n) is 2.94. The van der Waals surface area contributed by atoms with Crippen LogP contribution in [0.4, 0.5) is 5.69 Å². The molecule has 106 valence electrons. The van der Waals surface area contributed by atoms with Crippen molar-refractivity contribution in [3.05, 3.63) is 40.7 Å². The molecule has 2 rings (SSSR count). The number of nitrogens with zero attached hydrogens (tertiary/aromatic N) is 2. The number of rotatable bonds is 4. The van der Waals surface area contributed by atoms with Crippen molar-refractivity contribution < 1.29 is 9.53 Å². The van der Waals surface area contributed by atoms with E-state index in [1.165, 1.54) is 0 Å². The number of nitrogens with one attached hydrogen (secondary N) is 1. The molecule has 1 aromatic heterocycles. The van der Waals surface area contributed by atoms with E-state index in [1.54, 1.807) is 30.1 Å². The second-order valence-electron chi connectivity index (χ2n) is 4.32. The molecule has 0 bridgehead atoms. The summed E-state index contributed by atoms with van der Waals surface area (Å²) in [4.78, 5) is 12.2. The highest BCUT2D eigenvalue weighted by molar-refractivity contribution is 6.34. The summed E-state index contributed by atoms with van der Waals surface area (Å²) < 4.78 is 6.75. The van der Waals surface area contributed by atoms with Gasteiger partial charge in [-0.05, 0) is 37.6 Å². The molecular weight excluding hydrogens is 278 g/mol. The Morgan fingerprint density at radius 2 is 2.25 bits per heavy atom. The Morgan fingerprint density at radius 3 is 2.80 bits per heavy atom. The molecule has 0 aliphatic heterocycles. The van der Waals surface area contributed by atoms with Crippen molar-refractivity contribution in [2.24, 2.45) is 0 Å². The topological polar surface area (TPSA) is 56.2 Å². The third kappa shape index (κ3) is 2.93. The molecule has 0 unspecified atom stereocenters. The number of carbonyl (C=O) groups is 1. The molecule has 1 aromatic carbocycles. The Hall–Kier alpha value is -2.01. The predicted molar refractivity (Wildman–Crippen MR) is 78.6 cm³/mol. The van der Waals surface area contributed by atoms with Crippen LogP contribution < -0.4 is 10.1 Å². The minimum absolute atomic E-state index is 0.226. The van der Waals surface area contributed by atoms with Gasteiger partial charge in [0.15, 0.2) is 5.69 Å². The van der Waals surface area contributed by atoms with Crippen LogP contribution in [0.1, 0.15) is 23.0 Å². The third-order valence-corrected chi connectivity index (χ3v) is 3.21. The zero-order valence-corrected chi connectivity index (χ0v) is 12.4. The maximum Gasteiger partial charge on any atom is 0.277 e. The lowest BCUT2D eigenvalue weighted by molar-refractivity contribution is 0.102. The molecular formula is C14H16ClN3O2. The van der Waals surface area contributed by atoms with Gasteiger partial charge in [-0.1, -0.05) is 11.6 Å². The van der Waals surface area contributed by atoms with E-state index in [-0.39, 0.29) is 11.6 Å². The van der Waals surface area contributed by atoms with E-state index < -0.39 is 0 Å². The molecule has 0 saturated carbocycles. The van der Waals surface area contributed by atoms with Gasteiger partial charge >= 0.3 is 0 Å². The summed E-state index contributed by atoms with van der Waals surface area (Å²) in [6, 6.07) is 5.42. The van der Waals surface area contributed by atoms with Gasteiger partial charge in [-0.25, -0.2) is 0 Å². The Morgan fingerprint density at radius 1 is 1.50 bits per heavy atom. The molecule has 0 spiro atoms. The van der Waals surface area contributed by atoms with Crippen molar-refractivity contribution in [3.8, 4) is 5.75 Å². The molecule has 1 heterocycles. The summed E-state index contributed by atoms with van der Waals surface area (Å²) in [6.45, 7) is 4.48. The molecule has 0 aliphatic rings. The van der Waals surface area contributed by atoms with Crippen LogP contribution in [0.3, 0.4) is 0 Å². The van der Waals surface area contributed by atoms with Crippen LogP contribution in [0, 0.1) is 6.92 Å². The first-order valence-corrected chi connectivity index (χ1v) is 6.62. The molecule has 1 N–H and O–H groups in total. The van der Waals surface area contributed by atoms with Gasteiger partial charge in [0.05, 0.1) is 12.1 Å². The number of ether oxygens (including phenoxy) is 1. The largest absolute Gasteiger partial charge is 0.497 e. The summed E-state index contributed by atoms with van der Waals surface area (Å²) in [6.07, 6.45) is 1.64. The van der Waals surface area contributed by atoms with E-state index in [0.717, 1.165) is 11.3 Å². The van der Waals surface area contributed by atoms with E-state index in [9.17, 15) is 4.79 Å². The fraction of sp³-hybridized carbons (Fsp3) is 0.286. The van der Waals surface area contributed by atoms with Crippen LogP contribution in [-0.2, 0) is 6.54 Å². The summed E-state index contributed by atoms with van der Waals surface area (Å²) in [5, 5.41) is 7.28. The van der Waals surface area contributed by atoms with Gasteiger partial charge in [-0.15, -0.1) is 0 Å². The van der Waals surface area contributed by atoms with Gasteiger partial charge < -0.3 is 10.1 Å². The van der Waals surface area contributed by atoms with Gasteiger partial charge in [0.25, 0.3) is 5.91 Å². The fourth-order valence-electron chi connectivity index (χ4n) is 1.80. The lowest BCUT2D eigenvalue weighted by Gasteiger charge is -2.09. The van der Waals surface area contributed by atoms with Crippen molar-refractivity contribution >= 4 is 23.2 Å². The standard InChI is InChI=1S/C14H16ClN3O2/c1-4-18-8-11(15)13(17-18)14(19)16-12-6-5-10(20-3)7-9(12)2/h5-8H,4H2,1-3H3,(H,16,19). The van der Waals surface area contributed by atoms with Crippen molar-refractivity contribution in [2.45, 2.75) is 20.4 Å². The Balaban J connectivity index is 2.21. The van der Waals surface area contributed by atoms with Gasteiger partial charge in [0, 0.05) is 18.4 Å². The average Bonchev–Trinajstić information content (AvgIpc) is 2.82. The zero-order chi connectivity index (χ0) is 14.7. The van der Waals surface area contributed by atoms with Crippen LogP contribution in [0.2, 0.25) is 5.02 Å². The van der Waals surface area contributed by atoms with Crippen molar-refractivity contribution in [3.63, 3.8) is 0 Å². The second kappa shape index (κ2) is 5.96. The predicted octanol–water partition coefficient (Wildman–Crippen LogP) is 3.13. The number of hydrogen-bond donors (Lipinski definition) is 1. The van der Waals surface area contributed by atoms with E-state index in [4.69, 9.17) is 16.3 Å². The van der Waals surface area contributed by atoms with Crippen LogP contribution >= 0.6 is 11.6 Å². The van der Waals surface area contributed by atoms with E-state index in [2.05, 4.69) is 10.4 Å². The minimum atomic E-state index is -0.324. The number of aryl methyl sites for hydroxylation is 2. The number of amides is 1. The Kier molecular flexibility index (Phi) is 4.29. The minimum Gasteiger partial charge on any atom is -0.497 e. The molecule has 0 aliphatic carbocycles. The maximum absolute atomic E-state index is 12.2. The number of anilines is 1. The number of halogens is 1. The highest BCUT2D eigenvalue weighted by Gasteiger charge is 2.16. The first-order chi connectivity index (χ1) is 9.55. The van der Waals surface area contributed by atoms with Gasteiger partial charge in [0.2, 0.25) is 0 Å². The van der Waals surface area contributed by atoms with Gasteiger partial charge in [-0.3, -0.25) is 9.48 Å². The Bertz CT molecular complexity index is 637. The number of methoxy groups -OCH3 is 1. The molecule has 0 fully saturated rings. The second-order valence-corrected chi connectivity index (χ2v) is 4.72. The van der Waals surface area contributed by atoms with E-state index in [0.29, 0.717) is 17.3 Å². The summed E-state index contributed by atoms with van der Waals surface area (Å²) >= 11 is 6.01. The fourth-order valence-corrected chi connectivity index (χ4v) is 2.03. The lowest BCUT2D eigenvalue weighted by atomic mass is 10.2. The molecule has 20 heavy (non-hydrogen) atoms. The lowest BCUT2D eigenvalue weighted by Crippen LogP contribution is -2.14. The normalized spacial score (nSPS) is 10.4. The summed E-state index contributed by atoms with van der Waals surface area (Å²) in [5.74, 6) is 0.421. The smallest absolute Gasteiger partial charge is 0.277 e. The van der Waals surface area contributed by atoms with Gasteiger partial charge in [0.1, 0.15) is 5.75 Å². The molecule has 0 radical (unpaired) electrons. The number of carbonyl (C=O) groups excluding carboxylic acids is 1. The number of hydrogen-bond acceptors (Lipinski definition) is 3. The van der Waals surface area contributed by atoms with Crippen molar-refractivity contribution in [1.82, 2.24) is 9.78 Å². The van der Waals surface area contributed by atoms with Crippen LogP contribution in [0.15, 0.2) is 24.4 Å². The molecule has 6 heteroatoms. The average molecular weight is 294 g/mol. The molecule has 2 aromatic rings. The SMILES string of the molecule is CCn1cc(Cl)c(C(=O)Nc2ccc(OC)cc2C)n1. The zero-order valence-electron chi connectivity index (χ0n) is 11.6. The molecule has 5 nitrogen and oxygen atoms in total. The highest BCUT2D eigenvalue weighted by atomic mass is 35.5. The molecule has 0 atom stereocenters. The summed E-state index contributed by atoms with van der Waals surface area (Å²) in [5.41, 5.74) is 1.84. The van der Waals surface area contributed by atoms with Crippen LogP contribution in [0.25, 0.3) is 0 Å². The quantitative estimate of drug-likeness (QED) is 0.942. The van der Waals surface area contributed by atoms with E-state index in [1.807, 2.05) is 19.9 Å². The first-order valence-electron chi connectivity index (χ1n) is 6.24. The highest BCUT2D eigenvalue weighted by Crippen LogP contribution is 2.22. The first kappa shape index (κ1) is 14.4. The van der Waals surface area contributed by atoms with E-state index >= 15 is 0 Å².